The lowest BCUT2D eigenvalue weighted by Crippen LogP contribution is -2.52. The van der Waals surface area contributed by atoms with Gasteiger partial charge in [0.25, 0.3) is 0 Å². The number of sulfonamides is 1. The molecular weight excluding hydrogens is 388 g/mol. The number of amides is 1. The summed E-state index contributed by atoms with van der Waals surface area (Å²) in [7, 11) is -3.13. The quantitative estimate of drug-likeness (QED) is 0.771. The minimum atomic E-state index is -3.13. The van der Waals surface area contributed by atoms with Gasteiger partial charge >= 0.3 is 0 Å². The van der Waals surface area contributed by atoms with Gasteiger partial charge in [-0.05, 0) is 49.7 Å². The van der Waals surface area contributed by atoms with Crippen LogP contribution < -0.4 is 10.1 Å². The van der Waals surface area contributed by atoms with Crippen LogP contribution in [0, 0.1) is 5.92 Å². The number of carbonyl (C=O) groups is 1. The maximum Gasteiger partial charge on any atom is 0.220 e. The first-order chi connectivity index (χ1) is 14.0. The van der Waals surface area contributed by atoms with Crippen LogP contribution in [0.5, 0.6) is 5.75 Å². The topological polar surface area (TPSA) is 75.7 Å². The van der Waals surface area contributed by atoms with E-state index in [-0.39, 0.29) is 22.7 Å². The van der Waals surface area contributed by atoms with Crippen LogP contribution in [0.15, 0.2) is 24.3 Å². The van der Waals surface area contributed by atoms with Crippen molar-refractivity contribution in [3.8, 4) is 5.75 Å². The van der Waals surface area contributed by atoms with Crippen molar-refractivity contribution in [1.82, 2.24) is 9.62 Å². The number of nitrogens with one attached hydrogen (secondary N) is 1. The van der Waals surface area contributed by atoms with Crippen molar-refractivity contribution < 1.29 is 17.9 Å². The molecule has 0 aromatic heterocycles. The summed E-state index contributed by atoms with van der Waals surface area (Å²) >= 11 is 0. The molecule has 3 fully saturated rings. The van der Waals surface area contributed by atoms with E-state index in [4.69, 9.17) is 4.74 Å². The van der Waals surface area contributed by atoms with E-state index >= 15 is 0 Å². The SMILES string of the molecule is O=C(C[C@@H]1CC2(CCN(S(=O)(=O)C3CC3)CC2)Oc2ccccc21)NCC1CC1. The number of hydrogen-bond donors (Lipinski definition) is 1. The van der Waals surface area contributed by atoms with Gasteiger partial charge in [0, 0.05) is 44.8 Å². The number of carbonyl (C=O) groups excluding carboxylic acids is 1. The van der Waals surface area contributed by atoms with Crippen LogP contribution in [0.25, 0.3) is 0 Å². The van der Waals surface area contributed by atoms with E-state index in [9.17, 15) is 13.2 Å². The number of piperidine rings is 1. The number of fused-ring (bicyclic) bond motifs is 1. The molecule has 2 aliphatic heterocycles. The minimum Gasteiger partial charge on any atom is -0.487 e. The van der Waals surface area contributed by atoms with E-state index in [2.05, 4.69) is 11.4 Å². The summed E-state index contributed by atoms with van der Waals surface area (Å²) in [5, 5.41) is 2.93. The smallest absolute Gasteiger partial charge is 0.220 e. The Labute approximate surface area is 173 Å². The van der Waals surface area contributed by atoms with E-state index in [1.807, 2.05) is 18.2 Å². The summed E-state index contributed by atoms with van der Waals surface area (Å²) in [6.45, 7) is 1.83. The molecule has 1 spiro atoms. The van der Waals surface area contributed by atoms with E-state index in [1.165, 1.54) is 12.8 Å². The average Bonchev–Trinajstić information content (AvgIpc) is 3.60. The van der Waals surface area contributed by atoms with Crippen molar-refractivity contribution in [2.45, 2.75) is 68.1 Å². The van der Waals surface area contributed by atoms with Gasteiger partial charge < -0.3 is 10.1 Å². The fourth-order valence-electron chi connectivity index (χ4n) is 4.83. The van der Waals surface area contributed by atoms with Crippen LogP contribution >= 0.6 is 0 Å². The predicted octanol–water partition coefficient (Wildman–Crippen LogP) is 2.80. The van der Waals surface area contributed by atoms with E-state index in [0.29, 0.717) is 38.3 Å². The second kappa shape index (κ2) is 7.27. The molecule has 0 unspecified atom stereocenters. The zero-order valence-corrected chi connectivity index (χ0v) is 17.6. The van der Waals surface area contributed by atoms with Gasteiger partial charge in [-0.1, -0.05) is 18.2 Å². The third-order valence-electron chi connectivity index (χ3n) is 6.96. The number of rotatable bonds is 6. The van der Waals surface area contributed by atoms with Gasteiger partial charge in [-0.2, -0.15) is 0 Å². The summed E-state index contributed by atoms with van der Waals surface area (Å²) in [6.07, 6.45) is 6.67. The zero-order valence-electron chi connectivity index (χ0n) is 16.8. The second-order valence-electron chi connectivity index (χ2n) is 9.32. The van der Waals surface area contributed by atoms with E-state index < -0.39 is 10.0 Å². The van der Waals surface area contributed by atoms with Crippen molar-refractivity contribution in [2.75, 3.05) is 19.6 Å². The highest BCUT2D eigenvalue weighted by atomic mass is 32.2. The Morgan fingerprint density at radius 3 is 2.55 bits per heavy atom. The molecule has 1 amide bonds. The third kappa shape index (κ3) is 4.04. The highest BCUT2D eigenvalue weighted by molar-refractivity contribution is 7.90. The van der Waals surface area contributed by atoms with E-state index in [1.54, 1.807) is 4.31 Å². The molecule has 1 N–H and O–H groups in total. The molecule has 7 heteroatoms. The van der Waals surface area contributed by atoms with Gasteiger partial charge in [-0.3, -0.25) is 4.79 Å². The highest BCUT2D eigenvalue weighted by Gasteiger charge is 2.48. The van der Waals surface area contributed by atoms with Crippen LogP contribution in [0.4, 0.5) is 0 Å². The molecule has 0 bridgehead atoms. The predicted molar refractivity (Wildman–Crippen MR) is 110 cm³/mol. The number of benzene rings is 1. The summed E-state index contributed by atoms with van der Waals surface area (Å²) in [5.41, 5.74) is 0.735. The Bertz CT molecular complexity index is 884. The molecule has 29 heavy (non-hydrogen) atoms. The third-order valence-corrected chi connectivity index (χ3v) is 9.36. The molecule has 1 aromatic carbocycles. The number of para-hydroxylation sites is 1. The van der Waals surface area contributed by atoms with E-state index in [0.717, 1.165) is 37.1 Å². The second-order valence-corrected chi connectivity index (χ2v) is 11.5. The van der Waals surface area contributed by atoms with Gasteiger partial charge in [0.15, 0.2) is 0 Å². The lowest BCUT2D eigenvalue weighted by atomic mass is 9.76. The van der Waals surface area contributed by atoms with Crippen LogP contribution in [-0.2, 0) is 14.8 Å². The molecule has 4 aliphatic rings. The Morgan fingerprint density at radius 1 is 1.14 bits per heavy atom. The summed E-state index contributed by atoms with van der Waals surface area (Å²) in [4.78, 5) is 12.6. The minimum absolute atomic E-state index is 0.113. The molecule has 2 heterocycles. The first kappa shape index (κ1) is 19.4. The van der Waals surface area contributed by atoms with Gasteiger partial charge in [0.05, 0.1) is 5.25 Å². The molecule has 0 radical (unpaired) electrons. The monoisotopic (exact) mass is 418 g/mol. The molecule has 158 valence electrons. The Kier molecular flexibility index (Phi) is 4.86. The Hall–Kier alpha value is -1.60. The summed E-state index contributed by atoms with van der Waals surface area (Å²) in [6, 6.07) is 8.02. The van der Waals surface area contributed by atoms with Crippen molar-refractivity contribution in [3.63, 3.8) is 0 Å². The number of hydrogen-bond acceptors (Lipinski definition) is 4. The lowest BCUT2D eigenvalue weighted by molar-refractivity contribution is -0.122. The van der Waals surface area contributed by atoms with Gasteiger partial charge in [0.2, 0.25) is 15.9 Å². The zero-order chi connectivity index (χ0) is 20.1. The number of ether oxygens (including phenoxy) is 1. The molecule has 1 atom stereocenters. The van der Waals surface area contributed by atoms with Crippen LogP contribution in [0.3, 0.4) is 0 Å². The Balaban J connectivity index is 1.29. The molecule has 1 aromatic rings. The summed E-state index contributed by atoms with van der Waals surface area (Å²) in [5.74, 6) is 1.76. The van der Waals surface area contributed by atoms with Crippen LogP contribution in [0.2, 0.25) is 0 Å². The standard InChI is InChI=1S/C22H30N2O4S/c25-21(23-15-16-5-6-16)13-17-14-22(28-20-4-2-1-3-19(17)20)9-11-24(12-10-22)29(26,27)18-7-8-18/h1-4,16-18H,5-15H2,(H,23,25)/t17-/m1/s1. The number of nitrogens with zero attached hydrogens (tertiary/aromatic N) is 1. The van der Waals surface area contributed by atoms with Crippen molar-refractivity contribution in [3.05, 3.63) is 29.8 Å². The van der Waals surface area contributed by atoms with Crippen molar-refractivity contribution in [1.29, 1.82) is 0 Å². The van der Waals surface area contributed by atoms with Crippen LogP contribution in [-0.4, -0.2) is 49.1 Å². The lowest BCUT2D eigenvalue weighted by Gasteiger charge is -2.46. The maximum atomic E-state index is 12.6. The molecule has 2 aliphatic carbocycles. The van der Waals surface area contributed by atoms with Gasteiger partial charge in [-0.25, -0.2) is 12.7 Å². The maximum absolute atomic E-state index is 12.6. The largest absolute Gasteiger partial charge is 0.487 e. The fraction of sp³-hybridized carbons (Fsp3) is 0.682. The molecule has 1 saturated heterocycles. The summed E-state index contributed by atoms with van der Waals surface area (Å²) < 4.78 is 33.3. The molecular formula is C22H30N2O4S. The van der Waals surface area contributed by atoms with Crippen LogP contribution in [0.1, 0.15) is 62.8 Å². The van der Waals surface area contributed by atoms with Crippen molar-refractivity contribution >= 4 is 15.9 Å². The fourth-order valence-corrected chi connectivity index (χ4v) is 6.68. The molecule has 6 nitrogen and oxygen atoms in total. The van der Waals surface area contributed by atoms with Gasteiger partial charge in [0.1, 0.15) is 11.4 Å². The van der Waals surface area contributed by atoms with Crippen molar-refractivity contribution in [2.24, 2.45) is 5.92 Å². The first-order valence-electron chi connectivity index (χ1n) is 11.0. The molecule has 2 saturated carbocycles. The average molecular weight is 419 g/mol. The first-order valence-corrected chi connectivity index (χ1v) is 12.5. The highest BCUT2D eigenvalue weighted by Crippen LogP contribution is 2.47. The Morgan fingerprint density at radius 2 is 1.86 bits per heavy atom. The normalized spacial score (nSPS) is 26.6. The van der Waals surface area contributed by atoms with Gasteiger partial charge in [-0.15, -0.1) is 0 Å². The molecule has 5 rings (SSSR count).